The van der Waals surface area contributed by atoms with E-state index in [1.165, 1.54) is 31.2 Å². The molecular weight excluding hydrogens is 250 g/mol. The van der Waals surface area contributed by atoms with Gasteiger partial charge in [-0.2, -0.15) is 0 Å². The predicted molar refractivity (Wildman–Crippen MR) is 81.9 cm³/mol. The summed E-state index contributed by atoms with van der Waals surface area (Å²) in [5.74, 6) is 1.99. The first kappa shape index (κ1) is 13.3. The summed E-state index contributed by atoms with van der Waals surface area (Å²) in [6, 6.07) is 2.00. The van der Waals surface area contributed by atoms with Crippen molar-refractivity contribution < 1.29 is 0 Å². The number of nitrogens with zero attached hydrogens (tertiary/aromatic N) is 2. The maximum atomic E-state index is 12.0. The minimum absolute atomic E-state index is 0.0873. The molecule has 20 heavy (non-hydrogen) atoms. The summed E-state index contributed by atoms with van der Waals surface area (Å²) in [4.78, 5) is 23.5. The largest absolute Gasteiger partial charge is 0.328 e. The fourth-order valence-corrected chi connectivity index (χ4v) is 3.07. The van der Waals surface area contributed by atoms with Crippen LogP contribution in [0.25, 0.3) is 0 Å². The smallest absolute Gasteiger partial charge is 0.259 e. The van der Waals surface area contributed by atoms with E-state index in [9.17, 15) is 4.79 Å². The van der Waals surface area contributed by atoms with Crippen LogP contribution in [0.5, 0.6) is 0 Å². The average molecular weight is 271 g/mol. The van der Waals surface area contributed by atoms with Crippen LogP contribution in [0.1, 0.15) is 56.1 Å². The van der Waals surface area contributed by atoms with Crippen LogP contribution in [0, 0.1) is 5.92 Å². The molecule has 0 atom stereocenters. The van der Waals surface area contributed by atoms with Gasteiger partial charge in [0.25, 0.3) is 5.56 Å². The molecule has 0 amide bonds. The van der Waals surface area contributed by atoms with E-state index in [0.29, 0.717) is 17.3 Å². The molecule has 1 aliphatic heterocycles. The molecule has 1 aromatic heterocycles. The standard InChI is InChI=1S/C16H21N3O/c1-11-3-5-12(6-4-11)13-9-14(16(20)19-10-13)15-17-7-2-8-18-15/h7,9-12H,2-6,8H2,1H3,(H,19,20). The highest BCUT2D eigenvalue weighted by Crippen LogP contribution is 2.35. The van der Waals surface area contributed by atoms with Crippen molar-refractivity contribution in [3.05, 3.63) is 33.7 Å². The molecule has 1 aromatic rings. The Morgan fingerprint density at radius 2 is 2.05 bits per heavy atom. The Balaban J connectivity index is 1.88. The number of amidine groups is 1. The molecule has 3 rings (SSSR count). The molecule has 4 heteroatoms. The van der Waals surface area contributed by atoms with Crippen LogP contribution in [0.4, 0.5) is 0 Å². The van der Waals surface area contributed by atoms with Gasteiger partial charge >= 0.3 is 0 Å². The van der Waals surface area contributed by atoms with Crippen LogP contribution in [0.15, 0.2) is 27.0 Å². The summed E-state index contributed by atoms with van der Waals surface area (Å²) in [5.41, 5.74) is 1.77. The maximum Gasteiger partial charge on any atom is 0.259 e. The zero-order valence-electron chi connectivity index (χ0n) is 11.9. The van der Waals surface area contributed by atoms with Gasteiger partial charge < -0.3 is 4.98 Å². The Hall–Kier alpha value is -1.71. The van der Waals surface area contributed by atoms with E-state index in [4.69, 9.17) is 0 Å². The van der Waals surface area contributed by atoms with Crippen molar-refractivity contribution in [3.63, 3.8) is 0 Å². The first-order valence-corrected chi connectivity index (χ1v) is 7.54. The molecule has 1 fully saturated rings. The summed E-state index contributed by atoms with van der Waals surface area (Å²) in [7, 11) is 0. The van der Waals surface area contributed by atoms with Crippen LogP contribution in [-0.4, -0.2) is 23.6 Å². The molecule has 0 saturated heterocycles. The van der Waals surface area contributed by atoms with E-state index < -0.39 is 0 Å². The molecular formula is C16H21N3O. The molecule has 2 aliphatic rings. The van der Waals surface area contributed by atoms with Crippen molar-refractivity contribution in [2.75, 3.05) is 6.54 Å². The lowest BCUT2D eigenvalue weighted by molar-refractivity contribution is 0.347. The second kappa shape index (κ2) is 5.73. The van der Waals surface area contributed by atoms with Gasteiger partial charge in [0.1, 0.15) is 0 Å². The van der Waals surface area contributed by atoms with E-state index in [1.807, 2.05) is 18.5 Å². The summed E-state index contributed by atoms with van der Waals surface area (Å²) in [6.07, 6.45) is 9.55. The van der Waals surface area contributed by atoms with E-state index >= 15 is 0 Å². The predicted octanol–water partition coefficient (Wildman–Crippen LogP) is 2.89. The third kappa shape index (κ3) is 2.74. The van der Waals surface area contributed by atoms with Crippen molar-refractivity contribution in [2.45, 2.75) is 44.9 Å². The molecule has 0 radical (unpaired) electrons. The Bertz CT molecular complexity index is 592. The number of nitrogens with one attached hydrogen (secondary N) is 1. The van der Waals surface area contributed by atoms with Crippen molar-refractivity contribution >= 4 is 12.1 Å². The van der Waals surface area contributed by atoms with E-state index in [2.05, 4.69) is 21.9 Å². The zero-order valence-corrected chi connectivity index (χ0v) is 11.9. The van der Waals surface area contributed by atoms with Crippen molar-refractivity contribution in [2.24, 2.45) is 15.9 Å². The van der Waals surface area contributed by atoms with Gasteiger partial charge in [0.15, 0.2) is 5.84 Å². The number of aromatic nitrogens is 1. The third-order valence-corrected chi connectivity index (χ3v) is 4.39. The van der Waals surface area contributed by atoms with E-state index in [0.717, 1.165) is 18.9 Å². The van der Waals surface area contributed by atoms with E-state index in [1.54, 1.807) is 0 Å². The highest BCUT2D eigenvalue weighted by Gasteiger charge is 2.21. The molecule has 0 spiro atoms. The topological polar surface area (TPSA) is 57.6 Å². The minimum atomic E-state index is -0.0873. The minimum Gasteiger partial charge on any atom is -0.328 e. The van der Waals surface area contributed by atoms with Crippen molar-refractivity contribution in [1.82, 2.24) is 4.98 Å². The summed E-state index contributed by atoms with van der Waals surface area (Å²) >= 11 is 0. The van der Waals surface area contributed by atoms with Gasteiger partial charge in [-0.25, -0.2) is 4.99 Å². The molecule has 0 unspecified atom stereocenters. The molecule has 106 valence electrons. The van der Waals surface area contributed by atoms with Crippen LogP contribution in [-0.2, 0) is 0 Å². The van der Waals surface area contributed by atoms with Gasteiger partial charge in [0.2, 0.25) is 0 Å². The molecule has 1 N–H and O–H groups in total. The Morgan fingerprint density at radius 1 is 1.25 bits per heavy atom. The molecule has 1 saturated carbocycles. The average Bonchev–Trinajstić information content (AvgIpc) is 2.50. The molecule has 0 aromatic carbocycles. The van der Waals surface area contributed by atoms with Crippen molar-refractivity contribution in [1.29, 1.82) is 0 Å². The van der Waals surface area contributed by atoms with Gasteiger partial charge in [-0.05, 0) is 36.3 Å². The van der Waals surface area contributed by atoms with Gasteiger partial charge in [-0.3, -0.25) is 9.79 Å². The van der Waals surface area contributed by atoms with E-state index in [-0.39, 0.29) is 5.56 Å². The quantitative estimate of drug-likeness (QED) is 0.883. The van der Waals surface area contributed by atoms with Crippen LogP contribution < -0.4 is 5.56 Å². The number of aliphatic imine (C=N–C) groups is 2. The van der Waals surface area contributed by atoms with Gasteiger partial charge in [0, 0.05) is 25.4 Å². The number of hydrogen-bond acceptors (Lipinski definition) is 3. The second-order valence-corrected chi connectivity index (χ2v) is 5.94. The van der Waals surface area contributed by atoms with Crippen LogP contribution in [0.2, 0.25) is 0 Å². The SMILES string of the molecule is CC1CCC(c2c[nH]c(=O)c(C3=NCCC=N3)c2)CC1. The third-order valence-electron chi connectivity index (χ3n) is 4.39. The molecule has 2 heterocycles. The summed E-state index contributed by atoms with van der Waals surface area (Å²) in [6.45, 7) is 3.05. The highest BCUT2D eigenvalue weighted by molar-refractivity contribution is 6.03. The lowest BCUT2D eigenvalue weighted by atomic mass is 9.80. The maximum absolute atomic E-state index is 12.0. The highest BCUT2D eigenvalue weighted by atomic mass is 16.1. The zero-order chi connectivity index (χ0) is 13.9. The lowest BCUT2D eigenvalue weighted by Gasteiger charge is -2.26. The number of aromatic amines is 1. The monoisotopic (exact) mass is 271 g/mol. The van der Waals surface area contributed by atoms with Crippen molar-refractivity contribution in [3.8, 4) is 0 Å². The first-order chi connectivity index (χ1) is 9.74. The summed E-state index contributed by atoms with van der Waals surface area (Å²) in [5, 5.41) is 0. The van der Waals surface area contributed by atoms with Crippen LogP contribution in [0.3, 0.4) is 0 Å². The molecule has 4 nitrogen and oxygen atoms in total. The lowest BCUT2D eigenvalue weighted by Crippen LogP contribution is -2.21. The first-order valence-electron chi connectivity index (χ1n) is 7.54. The molecule has 1 aliphatic carbocycles. The second-order valence-electron chi connectivity index (χ2n) is 5.94. The van der Waals surface area contributed by atoms with Gasteiger partial charge in [-0.1, -0.05) is 19.8 Å². The fourth-order valence-electron chi connectivity index (χ4n) is 3.07. The Morgan fingerprint density at radius 3 is 2.75 bits per heavy atom. The fraction of sp³-hybridized carbons (Fsp3) is 0.562. The number of H-pyrrole nitrogens is 1. The van der Waals surface area contributed by atoms with Gasteiger partial charge in [0.05, 0.1) is 5.56 Å². The van der Waals surface area contributed by atoms with Gasteiger partial charge in [-0.15, -0.1) is 0 Å². The van der Waals surface area contributed by atoms with Crippen LogP contribution >= 0.6 is 0 Å². The number of pyridine rings is 1. The number of rotatable bonds is 2. The summed E-state index contributed by atoms with van der Waals surface area (Å²) < 4.78 is 0. The Labute approximate surface area is 119 Å². The number of hydrogen-bond donors (Lipinski definition) is 1. The normalized spacial score (nSPS) is 26.4. The molecule has 0 bridgehead atoms. The Kier molecular flexibility index (Phi) is 3.81.